The molecule has 0 bridgehead atoms. The second-order valence-electron chi connectivity index (χ2n) is 4.22. The highest BCUT2D eigenvalue weighted by Gasteiger charge is 2.10. The number of nitrogens with one attached hydrogen (secondary N) is 1. The highest BCUT2D eigenvalue weighted by atomic mass is 16.5. The molecule has 0 spiro atoms. The van der Waals surface area contributed by atoms with Gasteiger partial charge in [0.1, 0.15) is 0 Å². The van der Waals surface area contributed by atoms with Crippen LogP contribution in [0.5, 0.6) is 0 Å². The predicted octanol–water partition coefficient (Wildman–Crippen LogP) is 1.51. The number of hydrogen-bond donors (Lipinski definition) is 1. The summed E-state index contributed by atoms with van der Waals surface area (Å²) < 4.78 is 7.26. The van der Waals surface area contributed by atoms with E-state index in [9.17, 15) is 0 Å². The number of aromatic nitrogens is 2. The van der Waals surface area contributed by atoms with E-state index in [-0.39, 0.29) is 0 Å². The first-order valence-corrected chi connectivity index (χ1v) is 5.90. The third-order valence-electron chi connectivity index (χ3n) is 2.55. The molecule has 1 N–H and O–H groups in total. The van der Waals surface area contributed by atoms with Crippen molar-refractivity contribution in [3.8, 4) is 0 Å². The van der Waals surface area contributed by atoms with E-state index in [1.165, 1.54) is 5.69 Å². The van der Waals surface area contributed by atoms with Crippen molar-refractivity contribution in [2.45, 2.75) is 39.8 Å². The first kappa shape index (κ1) is 13.2. The summed E-state index contributed by atoms with van der Waals surface area (Å²) in [5, 5.41) is 7.93. The molecule has 4 nitrogen and oxygen atoms in total. The Morgan fingerprint density at radius 2 is 2.25 bits per heavy atom. The molecule has 1 unspecified atom stereocenters. The van der Waals surface area contributed by atoms with E-state index in [0.717, 1.165) is 31.8 Å². The molecule has 4 heteroatoms. The monoisotopic (exact) mass is 225 g/mol. The Labute approximate surface area is 98.0 Å². The van der Waals surface area contributed by atoms with Gasteiger partial charge >= 0.3 is 0 Å². The van der Waals surface area contributed by atoms with Crippen molar-refractivity contribution in [3.05, 3.63) is 17.5 Å². The van der Waals surface area contributed by atoms with Crippen molar-refractivity contribution < 1.29 is 4.74 Å². The minimum Gasteiger partial charge on any atom is -0.383 e. The van der Waals surface area contributed by atoms with Gasteiger partial charge in [-0.25, -0.2) is 0 Å². The van der Waals surface area contributed by atoms with E-state index in [0.29, 0.717) is 6.04 Å². The van der Waals surface area contributed by atoms with E-state index in [4.69, 9.17) is 4.74 Å². The first-order valence-electron chi connectivity index (χ1n) is 5.90. The van der Waals surface area contributed by atoms with Gasteiger partial charge < -0.3 is 10.1 Å². The van der Waals surface area contributed by atoms with Crippen LogP contribution in [0.25, 0.3) is 0 Å². The van der Waals surface area contributed by atoms with E-state index < -0.39 is 0 Å². The normalized spacial score (nSPS) is 13.0. The number of methoxy groups -OCH3 is 1. The van der Waals surface area contributed by atoms with E-state index in [2.05, 4.69) is 30.3 Å². The molecule has 0 aliphatic rings. The molecule has 0 amide bonds. The van der Waals surface area contributed by atoms with Crippen molar-refractivity contribution in [3.63, 3.8) is 0 Å². The van der Waals surface area contributed by atoms with E-state index >= 15 is 0 Å². The molecular formula is C12H23N3O. The lowest BCUT2D eigenvalue weighted by Crippen LogP contribution is -2.38. The first-order chi connectivity index (χ1) is 7.67. The summed E-state index contributed by atoms with van der Waals surface area (Å²) in [7, 11) is 1.74. The second kappa shape index (κ2) is 6.66. The maximum absolute atomic E-state index is 5.22. The van der Waals surface area contributed by atoms with Gasteiger partial charge in [0.15, 0.2) is 0 Å². The number of rotatable bonds is 7. The van der Waals surface area contributed by atoms with Gasteiger partial charge in [-0.1, -0.05) is 6.92 Å². The van der Waals surface area contributed by atoms with Crippen LogP contribution in [0.4, 0.5) is 0 Å². The Kier molecular flexibility index (Phi) is 5.49. The summed E-state index contributed by atoms with van der Waals surface area (Å²) in [6.45, 7) is 8.89. The van der Waals surface area contributed by atoms with Crippen molar-refractivity contribution in [2.75, 3.05) is 20.3 Å². The molecule has 0 saturated carbocycles. The van der Waals surface area contributed by atoms with Crippen LogP contribution in [0.15, 0.2) is 6.07 Å². The molecule has 92 valence electrons. The summed E-state index contributed by atoms with van der Waals surface area (Å²) in [5.74, 6) is 0. The summed E-state index contributed by atoms with van der Waals surface area (Å²) in [5.41, 5.74) is 2.28. The predicted molar refractivity (Wildman–Crippen MR) is 65.7 cm³/mol. The summed E-state index contributed by atoms with van der Waals surface area (Å²) in [6.07, 6.45) is 1.14. The van der Waals surface area contributed by atoms with E-state index in [1.54, 1.807) is 7.11 Å². The minimum absolute atomic E-state index is 0.336. The van der Waals surface area contributed by atoms with E-state index in [1.807, 2.05) is 11.6 Å². The highest BCUT2D eigenvalue weighted by molar-refractivity contribution is 5.06. The van der Waals surface area contributed by atoms with Gasteiger partial charge in [0, 0.05) is 12.8 Å². The third-order valence-corrected chi connectivity index (χ3v) is 2.55. The zero-order chi connectivity index (χ0) is 12.0. The van der Waals surface area contributed by atoms with Crippen molar-refractivity contribution in [2.24, 2.45) is 0 Å². The van der Waals surface area contributed by atoms with Crippen LogP contribution in [0, 0.1) is 13.8 Å². The molecule has 0 saturated heterocycles. The maximum Gasteiger partial charge on any atom is 0.0633 e. The van der Waals surface area contributed by atoms with Crippen molar-refractivity contribution >= 4 is 0 Å². The standard InChI is InChI=1S/C12H23N3O/c1-5-6-13-12(9-16-4)8-15-11(3)7-10(2)14-15/h7,12-13H,5-6,8-9H2,1-4H3. The van der Waals surface area contributed by atoms with Crippen LogP contribution in [0.2, 0.25) is 0 Å². The molecular weight excluding hydrogens is 202 g/mol. The zero-order valence-electron chi connectivity index (χ0n) is 10.8. The van der Waals surface area contributed by atoms with Crippen LogP contribution in [-0.2, 0) is 11.3 Å². The van der Waals surface area contributed by atoms with Gasteiger partial charge in [-0.05, 0) is 32.9 Å². The Balaban J connectivity index is 2.56. The molecule has 1 atom stereocenters. The SMILES string of the molecule is CCCNC(COC)Cn1nc(C)cc1C. The summed E-state index contributed by atoms with van der Waals surface area (Å²) >= 11 is 0. The molecule has 1 rings (SSSR count). The summed E-state index contributed by atoms with van der Waals surface area (Å²) in [4.78, 5) is 0. The Bertz CT molecular complexity index is 309. The lowest BCUT2D eigenvalue weighted by Gasteiger charge is -2.18. The maximum atomic E-state index is 5.22. The highest BCUT2D eigenvalue weighted by Crippen LogP contribution is 2.03. The van der Waals surface area contributed by atoms with Crippen LogP contribution in [0.3, 0.4) is 0 Å². The van der Waals surface area contributed by atoms with Crippen LogP contribution >= 0.6 is 0 Å². The van der Waals surface area contributed by atoms with Crippen molar-refractivity contribution in [1.29, 1.82) is 0 Å². The van der Waals surface area contributed by atoms with Crippen molar-refractivity contribution in [1.82, 2.24) is 15.1 Å². The Hall–Kier alpha value is -0.870. The summed E-state index contributed by atoms with van der Waals surface area (Å²) in [6, 6.07) is 2.44. The smallest absolute Gasteiger partial charge is 0.0633 e. The van der Waals surface area contributed by atoms with Crippen LogP contribution < -0.4 is 5.32 Å². The van der Waals surface area contributed by atoms with Crippen LogP contribution in [0.1, 0.15) is 24.7 Å². The molecule has 0 aliphatic carbocycles. The molecule has 0 fully saturated rings. The average molecular weight is 225 g/mol. The molecule has 0 aliphatic heterocycles. The van der Waals surface area contributed by atoms with Gasteiger partial charge in [0.05, 0.1) is 24.9 Å². The fourth-order valence-corrected chi connectivity index (χ4v) is 1.79. The second-order valence-corrected chi connectivity index (χ2v) is 4.22. The number of aryl methyl sites for hydroxylation is 2. The molecule has 1 aromatic rings. The fourth-order valence-electron chi connectivity index (χ4n) is 1.79. The molecule has 0 aromatic carbocycles. The van der Waals surface area contributed by atoms with Gasteiger partial charge in [0.25, 0.3) is 0 Å². The Morgan fingerprint density at radius 3 is 2.75 bits per heavy atom. The zero-order valence-corrected chi connectivity index (χ0v) is 10.8. The molecule has 1 aromatic heterocycles. The topological polar surface area (TPSA) is 39.1 Å². The molecule has 0 radical (unpaired) electrons. The number of ether oxygens (including phenoxy) is 1. The molecule has 1 heterocycles. The largest absolute Gasteiger partial charge is 0.383 e. The fraction of sp³-hybridized carbons (Fsp3) is 0.750. The quantitative estimate of drug-likeness (QED) is 0.764. The minimum atomic E-state index is 0.336. The van der Waals surface area contributed by atoms with Gasteiger partial charge in [-0.15, -0.1) is 0 Å². The van der Waals surface area contributed by atoms with Crippen LogP contribution in [-0.4, -0.2) is 36.1 Å². The Morgan fingerprint density at radius 1 is 1.50 bits per heavy atom. The third kappa shape index (κ3) is 3.94. The lowest BCUT2D eigenvalue weighted by molar-refractivity contribution is 0.156. The average Bonchev–Trinajstić information content (AvgIpc) is 2.54. The number of hydrogen-bond acceptors (Lipinski definition) is 3. The van der Waals surface area contributed by atoms with Gasteiger partial charge in [-0.2, -0.15) is 5.10 Å². The molecule has 16 heavy (non-hydrogen) atoms. The van der Waals surface area contributed by atoms with Gasteiger partial charge in [-0.3, -0.25) is 4.68 Å². The lowest BCUT2D eigenvalue weighted by atomic mass is 10.3. The van der Waals surface area contributed by atoms with Gasteiger partial charge in [0.2, 0.25) is 0 Å². The number of nitrogens with zero attached hydrogens (tertiary/aromatic N) is 2.